The summed E-state index contributed by atoms with van der Waals surface area (Å²) in [7, 11) is 0. The quantitative estimate of drug-likeness (QED) is 0.595. The third-order valence-corrected chi connectivity index (χ3v) is 3.96. The predicted molar refractivity (Wildman–Crippen MR) is 79.6 cm³/mol. The van der Waals surface area contributed by atoms with Crippen molar-refractivity contribution >= 4 is 5.69 Å². The molecule has 0 saturated heterocycles. The van der Waals surface area contributed by atoms with Crippen molar-refractivity contribution in [2.45, 2.75) is 46.3 Å². The van der Waals surface area contributed by atoms with E-state index in [0.29, 0.717) is 18.7 Å². The molecule has 5 nitrogen and oxygen atoms in total. The third-order valence-electron chi connectivity index (χ3n) is 3.96. The molecule has 0 aliphatic carbocycles. The molecule has 0 aromatic heterocycles. The number of aliphatic hydroxyl groups is 1. The molecule has 0 amide bonds. The van der Waals surface area contributed by atoms with Crippen LogP contribution in [0.5, 0.6) is 0 Å². The molecule has 0 spiro atoms. The lowest BCUT2D eigenvalue weighted by Crippen LogP contribution is -2.42. The molecule has 0 fully saturated rings. The molecule has 1 aromatic carbocycles. The molecule has 1 aromatic rings. The van der Waals surface area contributed by atoms with Gasteiger partial charge >= 0.3 is 0 Å². The van der Waals surface area contributed by atoms with E-state index in [9.17, 15) is 15.2 Å². The predicted octanol–water partition coefficient (Wildman–Crippen LogP) is 2.79. The van der Waals surface area contributed by atoms with Gasteiger partial charge in [0.05, 0.1) is 10.5 Å². The van der Waals surface area contributed by atoms with Crippen molar-refractivity contribution in [2.75, 3.05) is 6.54 Å². The van der Waals surface area contributed by atoms with Gasteiger partial charge in [0.1, 0.15) is 0 Å². The Morgan fingerprint density at radius 3 is 2.70 bits per heavy atom. The van der Waals surface area contributed by atoms with Gasteiger partial charge in [0.15, 0.2) is 0 Å². The van der Waals surface area contributed by atoms with Crippen molar-refractivity contribution in [3.63, 3.8) is 0 Å². The fourth-order valence-corrected chi connectivity index (χ4v) is 2.04. The lowest BCUT2D eigenvalue weighted by Gasteiger charge is -2.30. The van der Waals surface area contributed by atoms with Gasteiger partial charge in [-0.1, -0.05) is 32.4 Å². The van der Waals surface area contributed by atoms with Crippen LogP contribution in [0.25, 0.3) is 0 Å². The molecular weight excluding hydrogens is 256 g/mol. The highest BCUT2D eigenvalue weighted by molar-refractivity contribution is 5.42. The minimum absolute atomic E-state index is 0.137. The fourth-order valence-electron chi connectivity index (χ4n) is 2.04. The number of rotatable bonds is 7. The van der Waals surface area contributed by atoms with Crippen molar-refractivity contribution in [1.82, 2.24) is 5.32 Å². The van der Waals surface area contributed by atoms with E-state index in [-0.39, 0.29) is 16.5 Å². The Morgan fingerprint density at radius 2 is 2.15 bits per heavy atom. The highest BCUT2D eigenvalue weighted by Gasteiger charge is 2.26. The van der Waals surface area contributed by atoms with Crippen molar-refractivity contribution in [3.05, 3.63) is 39.4 Å². The molecule has 2 unspecified atom stereocenters. The molecule has 0 radical (unpaired) electrons. The van der Waals surface area contributed by atoms with Gasteiger partial charge in [0, 0.05) is 24.7 Å². The summed E-state index contributed by atoms with van der Waals surface area (Å²) < 4.78 is 0. The van der Waals surface area contributed by atoms with Crippen molar-refractivity contribution in [3.8, 4) is 0 Å². The summed E-state index contributed by atoms with van der Waals surface area (Å²) in [6, 6.07) is 5.20. The number of hydrogen-bond donors (Lipinski definition) is 2. The van der Waals surface area contributed by atoms with Gasteiger partial charge in [-0.3, -0.25) is 10.1 Å². The van der Waals surface area contributed by atoms with Crippen LogP contribution >= 0.6 is 0 Å². The Balaban J connectivity index is 2.63. The second-order valence-corrected chi connectivity index (χ2v) is 5.65. The number of nitrogens with one attached hydrogen (secondary N) is 1. The molecule has 0 heterocycles. The van der Waals surface area contributed by atoms with Crippen LogP contribution in [0.3, 0.4) is 0 Å². The zero-order valence-electron chi connectivity index (χ0n) is 12.6. The monoisotopic (exact) mass is 280 g/mol. The van der Waals surface area contributed by atoms with Crippen molar-refractivity contribution in [2.24, 2.45) is 5.92 Å². The van der Waals surface area contributed by atoms with E-state index in [4.69, 9.17) is 0 Å². The first-order valence-electron chi connectivity index (χ1n) is 6.95. The number of benzene rings is 1. The van der Waals surface area contributed by atoms with E-state index in [1.165, 1.54) is 0 Å². The number of nitro groups is 1. The number of nitro benzene ring substituents is 1. The van der Waals surface area contributed by atoms with Crippen LogP contribution in [-0.2, 0) is 6.54 Å². The van der Waals surface area contributed by atoms with Crippen LogP contribution in [0.15, 0.2) is 18.2 Å². The summed E-state index contributed by atoms with van der Waals surface area (Å²) in [4.78, 5) is 10.5. The van der Waals surface area contributed by atoms with Crippen LogP contribution in [0.4, 0.5) is 5.69 Å². The number of hydrogen-bond acceptors (Lipinski definition) is 4. The van der Waals surface area contributed by atoms with E-state index in [0.717, 1.165) is 12.0 Å². The fraction of sp³-hybridized carbons (Fsp3) is 0.600. The molecule has 5 heteroatoms. The minimum Gasteiger partial charge on any atom is -0.389 e. The SMILES string of the molecule is CCC(C)C(C)(O)CNCc1ccc(C)c([N+](=O)[O-])c1. The molecule has 112 valence electrons. The first-order valence-corrected chi connectivity index (χ1v) is 6.95. The maximum atomic E-state index is 10.9. The van der Waals surface area contributed by atoms with Crippen LogP contribution in [0.1, 0.15) is 38.3 Å². The summed E-state index contributed by atoms with van der Waals surface area (Å²) in [5.41, 5.74) is 0.872. The van der Waals surface area contributed by atoms with Gasteiger partial charge in [-0.15, -0.1) is 0 Å². The number of aryl methyl sites for hydroxylation is 1. The van der Waals surface area contributed by atoms with Gasteiger partial charge in [-0.25, -0.2) is 0 Å². The molecule has 2 N–H and O–H groups in total. The molecule has 0 saturated carbocycles. The Hall–Kier alpha value is -1.46. The smallest absolute Gasteiger partial charge is 0.272 e. The second-order valence-electron chi connectivity index (χ2n) is 5.65. The average Bonchev–Trinajstić information content (AvgIpc) is 2.39. The average molecular weight is 280 g/mol. The molecule has 2 atom stereocenters. The van der Waals surface area contributed by atoms with Gasteiger partial charge in [-0.2, -0.15) is 0 Å². The Morgan fingerprint density at radius 1 is 1.50 bits per heavy atom. The standard InChI is InChI=1S/C15H24N2O3/c1-5-12(3)15(4,18)10-16-9-13-7-6-11(2)14(8-13)17(19)20/h6-8,12,16,18H,5,9-10H2,1-4H3. The first-order chi connectivity index (χ1) is 9.27. The van der Waals surface area contributed by atoms with Crippen LogP contribution in [0.2, 0.25) is 0 Å². The Bertz CT molecular complexity index is 472. The van der Waals surface area contributed by atoms with E-state index >= 15 is 0 Å². The van der Waals surface area contributed by atoms with Crippen molar-refractivity contribution in [1.29, 1.82) is 0 Å². The third kappa shape index (κ3) is 4.28. The van der Waals surface area contributed by atoms with E-state index < -0.39 is 5.60 Å². The van der Waals surface area contributed by atoms with E-state index in [1.807, 2.05) is 26.8 Å². The molecule has 0 aliphatic heterocycles. The highest BCUT2D eigenvalue weighted by Crippen LogP contribution is 2.21. The maximum absolute atomic E-state index is 10.9. The van der Waals surface area contributed by atoms with Gasteiger partial charge in [-0.05, 0) is 25.3 Å². The highest BCUT2D eigenvalue weighted by atomic mass is 16.6. The minimum atomic E-state index is -0.772. The lowest BCUT2D eigenvalue weighted by atomic mass is 9.88. The first kappa shape index (κ1) is 16.6. The zero-order chi connectivity index (χ0) is 15.3. The largest absolute Gasteiger partial charge is 0.389 e. The van der Waals surface area contributed by atoms with Gasteiger partial charge in [0.2, 0.25) is 0 Å². The number of nitrogens with zero attached hydrogens (tertiary/aromatic N) is 1. The van der Waals surface area contributed by atoms with Gasteiger partial charge < -0.3 is 10.4 Å². The summed E-state index contributed by atoms with van der Waals surface area (Å²) in [5, 5.41) is 24.3. The van der Waals surface area contributed by atoms with Gasteiger partial charge in [0.25, 0.3) is 5.69 Å². The summed E-state index contributed by atoms with van der Waals surface area (Å²) in [5.74, 6) is 0.197. The van der Waals surface area contributed by atoms with Crippen LogP contribution in [0, 0.1) is 23.0 Å². The Kier molecular flexibility index (Phi) is 5.65. The zero-order valence-corrected chi connectivity index (χ0v) is 12.6. The Labute approximate surface area is 120 Å². The molecule has 20 heavy (non-hydrogen) atoms. The second kappa shape index (κ2) is 6.81. The van der Waals surface area contributed by atoms with E-state index in [1.54, 1.807) is 19.1 Å². The van der Waals surface area contributed by atoms with Crippen molar-refractivity contribution < 1.29 is 10.0 Å². The molecular formula is C15H24N2O3. The normalized spacial score (nSPS) is 15.7. The molecule has 0 aliphatic rings. The maximum Gasteiger partial charge on any atom is 0.272 e. The van der Waals surface area contributed by atoms with Crippen LogP contribution in [-0.4, -0.2) is 22.2 Å². The van der Waals surface area contributed by atoms with E-state index in [2.05, 4.69) is 5.32 Å². The molecule has 1 rings (SSSR count). The summed E-state index contributed by atoms with van der Waals surface area (Å²) in [6.07, 6.45) is 0.907. The summed E-state index contributed by atoms with van der Waals surface area (Å²) in [6.45, 7) is 8.56. The van der Waals surface area contributed by atoms with Crippen LogP contribution < -0.4 is 5.32 Å². The lowest BCUT2D eigenvalue weighted by molar-refractivity contribution is -0.385. The topological polar surface area (TPSA) is 75.4 Å². The summed E-state index contributed by atoms with van der Waals surface area (Å²) >= 11 is 0. The molecule has 0 bridgehead atoms.